The molecule has 3 aromatic rings. The summed E-state index contributed by atoms with van der Waals surface area (Å²) < 4.78 is 19.7. The standard InChI is InChI=1S/C32H35ClFNO2/c1-7-23(19-36)27(11-9-17-37-30-12-8-10-24-18-25(34)13-14-28(24)30)26-15-16-29(33)32(21(26)4)31(20(2)3)22(5)35-6/h8,10,12-16,18-19H,7,9,11,17H2,1-6H3/b27-23+,35-22?. The Morgan fingerprint density at radius 1 is 1.11 bits per heavy atom. The number of benzene rings is 3. The Morgan fingerprint density at radius 2 is 1.86 bits per heavy atom. The van der Waals surface area contributed by atoms with Crippen LogP contribution in [0.2, 0.25) is 5.02 Å². The number of halogens is 2. The van der Waals surface area contributed by atoms with Gasteiger partial charge in [-0.2, -0.15) is 0 Å². The van der Waals surface area contributed by atoms with Gasteiger partial charge in [0.15, 0.2) is 0 Å². The van der Waals surface area contributed by atoms with Crippen LogP contribution in [0, 0.1) is 12.7 Å². The van der Waals surface area contributed by atoms with Crippen molar-refractivity contribution in [2.45, 2.75) is 53.9 Å². The third-order valence-corrected chi connectivity index (χ3v) is 7.04. The van der Waals surface area contributed by atoms with Crippen molar-refractivity contribution in [1.82, 2.24) is 0 Å². The summed E-state index contributed by atoms with van der Waals surface area (Å²) in [5.74, 6) is 0.455. The highest BCUT2D eigenvalue weighted by Gasteiger charge is 2.19. The van der Waals surface area contributed by atoms with E-state index in [-0.39, 0.29) is 5.82 Å². The van der Waals surface area contributed by atoms with Crippen molar-refractivity contribution in [2.75, 3.05) is 13.7 Å². The van der Waals surface area contributed by atoms with Crippen LogP contribution >= 0.6 is 11.6 Å². The lowest BCUT2D eigenvalue weighted by atomic mass is 9.86. The first-order valence-corrected chi connectivity index (χ1v) is 13.0. The fourth-order valence-electron chi connectivity index (χ4n) is 4.83. The predicted molar refractivity (Wildman–Crippen MR) is 155 cm³/mol. The van der Waals surface area contributed by atoms with Crippen molar-refractivity contribution in [3.05, 3.63) is 87.2 Å². The summed E-state index contributed by atoms with van der Waals surface area (Å²) in [6.45, 7) is 10.6. The zero-order chi connectivity index (χ0) is 27.1. The van der Waals surface area contributed by atoms with Crippen LogP contribution in [0.5, 0.6) is 5.75 Å². The van der Waals surface area contributed by atoms with Gasteiger partial charge in [-0.3, -0.25) is 9.79 Å². The second-order valence-corrected chi connectivity index (χ2v) is 9.73. The van der Waals surface area contributed by atoms with E-state index >= 15 is 0 Å². The fourth-order valence-corrected chi connectivity index (χ4v) is 5.13. The van der Waals surface area contributed by atoms with E-state index in [9.17, 15) is 9.18 Å². The zero-order valence-electron chi connectivity index (χ0n) is 22.5. The Hall–Kier alpha value is -3.24. The maximum Gasteiger partial charge on any atom is 0.146 e. The molecular formula is C32H35ClFNO2. The summed E-state index contributed by atoms with van der Waals surface area (Å²) in [7, 11) is 1.78. The number of aldehydes is 1. The first-order chi connectivity index (χ1) is 17.7. The van der Waals surface area contributed by atoms with E-state index in [4.69, 9.17) is 16.3 Å². The summed E-state index contributed by atoms with van der Waals surface area (Å²) >= 11 is 6.73. The van der Waals surface area contributed by atoms with Crippen molar-refractivity contribution in [3.8, 4) is 5.75 Å². The molecule has 0 N–H and O–H groups in total. The number of ether oxygens (including phenoxy) is 1. The molecule has 0 fully saturated rings. The molecule has 5 heteroatoms. The monoisotopic (exact) mass is 519 g/mol. The quantitative estimate of drug-likeness (QED) is 0.116. The summed E-state index contributed by atoms with van der Waals surface area (Å²) in [4.78, 5) is 16.5. The van der Waals surface area contributed by atoms with Gasteiger partial charge in [0.25, 0.3) is 0 Å². The van der Waals surface area contributed by atoms with Gasteiger partial charge in [-0.15, -0.1) is 0 Å². The average molecular weight is 520 g/mol. The van der Waals surface area contributed by atoms with E-state index in [1.54, 1.807) is 13.1 Å². The molecule has 0 bridgehead atoms. The Labute approximate surface area is 224 Å². The number of hydrogen-bond donors (Lipinski definition) is 0. The van der Waals surface area contributed by atoms with Gasteiger partial charge in [-0.05, 0) is 105 Å². The predicted octanol–water partition coefficient (Wildman–Crippen LogP) is 9.05. The number of nitrogens with zero attached hydrogens (tertiary/aromatic N) is 1. The number of allylic oxidation sites excluding steroid dienone is 4. The molecule has 194 valence electrons. The van der Waals surface area contributed by atoms with Crippen molar-refractivity contribution < 1.29 is 13.9 Å². The van der Waals surface area contributed by atoms with Crippen LogP contribution in [0.15, 0.2) is 64.7 Å². The molecule has 0 heterocycles. The molecule has 0 radical (unpaired) electrons. The lowest BCUT2D eigenvalue weighted by Crippen LogP contribution is -2.06. The van der Waals surface area contributed by atoms with Gasteiger partial charge in [-0.1, -0.05) is 42.3 Å². The van der Waals surface area contributed by atoms with Crippen molar-refractivity contribution >= 4 is 45.5 Å². The van der Waals surface area contributed by atoms with Crippen molar-refractivity contribution in [1.29, 1.82) is 0 Å². The second-order valence-electron chi connectivity index (χ2n) is 9.33. The molecule has 0 aromatic heterocycles. The van der Waals surface area contributed by atoms with Crippen LogP contribution in [0.3, 0.4) is 0 Å². The molecule has 3 rings (SSSR count). The molecule has 0 aliphatic carbocycles. The highest BCUT2D eigenvalue weighted by atomic mass is 35.5. The minimum atomic E-state index is -0.269. The third-order valence-electron chi connectivity index (χ3n) is 6.73. The largest absolute Gasteiger partial charge is 0.493 e. The number of fused-ring (bicyclic) bond motifs is 1. The second kappa shape index (κ2) is 12.8. The number of carbonyl (C=O) groups excluding carboxylic acids is 1. The van der Waals surface area contributed by atoms with Crippen LogP contribution in [-0.4, -0.2) is 25.7 Å². The summed E-state index contributed by atoms with van der Waals surface area (Å²) in [6, 6.07) is 14.3. The fraction of sp³-hybridized carbons (Fsp3) is 0.312. The average Bonchev–Trinajstić information content (AvgIpc) is 2.88. The Morgan fingerprint density at radius 3 is 2.51 bits per heavy atom. The van der Waals surface area contributed by atoms with Crippen LogP contribution in [-0.2, 0) is 4.79 Å². The maximum atomic E-state index is 13.6. The molecule has 0 unspecified atom stereocenters. The Bertz CT molecular complexity index is 1400. The minimum absolute atomic E-state index is 0.269. The zero-order valence-corrected chi connectivity index (χ0v) is 23.3. The third kappa shape index (κ3) is 6.37. The molecule has 0 aliphatic heterocycles. The van der Waals surface area contributed by atoms with E-state index in [1.807, 2.05) is 44.2 Å². The van der Waals surface area contributed by atoms with Crippen LogP contribution in [0.25, 0.3) is 21.9 Å². The van der Waals surface area contributed by atoms with Gasteiger partial charge in [0.05, 0.1) is 6.61 Å². The lowest BCUT2D eigenvalue weighted by molar-refractivity contribution is -0.105. The van der Waals surface area contributed by atoms with Crippen LogP contribution in [0.1, 0.15) is 63.6 Å². The van der Waals surface area contributed by atoms with Crippen molar-refractivity contribution in [2.24, 2.45) is 4.99 Å². The molecule has 37 heavy (non-hydrogen) atoms. The van der Waals surface area contributed by atoms with E-state index in [1.165, 1.54) is 12.1 Å². The first kappa shape index (κ1) is 28.3. The Kier molecular flexibility index (Phi) is 9.82. The summed E-state index contributed by atoms with van der Waals surface area (Å²) in [5, 5.41) is 2.35. The summed E-state index contributed by atoms with van der Waals surface area (Å²) in [5.41, 5.74) is 7.88. The van der Waals surface area contributed by atoms with Crippen molar-refractivity contribution in [3.63, 3.8) is 0 Å². The van der Waals surface area contributed by atoms with E-state index < -0.39 is 0 Å². The summed E-state index contributed by atoms with van der Waals surface area (Å²) in [6.07, 6.45) is 2.99. The molecule has 0 aliphatic rings. The SMILES string of the molecule is CC/C(C=O)=C(/CCCOc1cccc2cc(F)ccc12)c1ccc(Cl)c(C(C(C)=NC)=C(C)C)c1C. The van der Waals surface area contributed by atoms with Crippen LogP contribution in [0.4, 0.5) is 4.39 Å². The highest BCUT2D eigenvalue weighted by molar-refractivity contribution is 6.36. The van der Waals surface area contributed by atoms with Gasteiger partial charge in [0.2, 0.25) is 0 Å². The molecule has 3 aromatic carbocycles. The normalized spacial score (nSPS) is 12.4. The van der Waals surface area contributed by atoms with Gasteiger partial charge >= 0.3 is 0 Å². The number of rotatable bonds is 10. The van der Waals surface area contributed by atoms with Gasteiger partial charge in [0, 0.05) is 34.3 Å². The minimum Gasteiger partial charge on any atom is -0.493 e. The van der Waals surface area contributed by atoms with Gasteiger partial charge in [-0.25, -0.2) is 4.39 Å². The highest BCUT2D eigenvalue weighted by Crippen LogP contribution is 2.37. The molecule has 0 saturated heterocycles. The molecule has 0 amide bonds. The van der Waals surface area contributed by atoms with E-state index in [0.717, 1.165) is 67.5 Å². The number of aliphatic imine (C=N–C) groups is 1. The van der Waals surface area contributed by atoms with E-state index in [2.05, 4.69) is 25.8 Å². The smallest absolute Gasteiger partial charge is 0.146 e. The topological polar surface area (TPSA) is 38.7 Å². The molecule has 0 atom stereocenters. The molecular weight excluding hydrogens is 485 g/mol. The molecule has 0 saturated carbocycles. The number of hydrogen-bond acceptors (Lipinski definition) is 3. The molecule has 0 spiro atoms. The first-order valence-electron chi connectivity index (χ1n) is 12.6. The molecule has 3 nitrogen and oxygen atoms in total. The van der Waals surface area contributed by atoms with E-state index in [0.29, 0.717) is 30.9 Å². The maximum absolute atomic E-state index is 13.6. The number of carbonyl (C=O) groups is 1. The lowest BCUT2D eigenvalue weighted by Gasteiger charge is -2.21. The van der Waals surface area contributed by atoms with Crippen LogP contribution < -0.4 is 4.74 Å². The van der Waals surface area contributed by atoms with Gasteiger partial charge < -0.3 is 4.74 Å². The Balaban J connectivity index is 1.93. The van der Waals surface area contributed by atoms with Gasteiger partial charge in [0.1, 0.15) is 17.9 Å².